The summed E-state index contributed by atoms with van der Waals surface area (Å²) in [6, 6.07) is 14.8. The number of benzene rings is 2. The third kappa shape index (κ3) is 4.14. The molecule has 7 heteroatoms. The van der Waals surface area contributed by atoms with Gasteiger partial charge in [-0.05, 0) is 49.2 Å². The van der Waals surface area contributed by atoms with E-state index in [9.17, 15) is 14.7 Å². The van der Waals surface area contributed by atoms with Crippen LogP contribution in [0.5, 0.6) is 11.5 Å². The van der Waals surface area contributed by atoms with Crippen LogP contribution in [0, 0.1) is 0 Å². The Balaban J connectivity index is 1.80. The quantitative estimate of drug-likeness (QED) is 0.541. The van der Waals surface area contributed by atoms with E-state index in [1.54, 1.807) is 31.4 Å². The Morgan fingerprint density at radius 3 is 2.32 bits per heavy atom. The molecule has 0 spiro atoms. The summed E-state index contributed by atoms with van der Waals surface area (Å²) >= 11 is 1.22. The second-order valence-electron chi connectivity index (χ2n) is 7.62. The fraction of sp³-hybridized carbons (Fsp3) is 0.250. The first-order valence-corrected chi connectivity index (χ1v) is 10.8. The van der Waals surface area contributed by atoms with Crippen LogP contribution in [0.1, 0.15) is 46.3 Å². The highest BCUT2D eigenvalue weighted by molar-refractivity contribution is 7.15. The molecule has 1 aliphatic heterocycles. The molecular weight excluding hydrogens is 414 g/mol. The number of anilines is 1. The minimum atomic E-state index is -1.01. The number of nitrogens with one attached hydrogen (secondary N) is 1. The number of carbonyl (C=O) groups is 2. The van der Waals surface area contributed by atoms with E-state index in [0.29, 0.717) is 17.0 Å². The number of ether oxygens (including phenoxy) is 2. The second-order valence-corrected chi connectivity index (χ2v) is 8.67. The summed E-state index contributed by atoms with van der Waals surface area (Å²) in [4.78, 5) is 25.7. The lowest BCUT2D eigenvalue weighted by Gasteiger charge is -2.24. The third-order valence-corrected chi connectivity index (χ3v) is 6.42. The Kier molecular flexibility index (Phi) is 5.69. The van der Waals surface area contributed by atoms with E-state index < -0.39 is 5.97 Å². The van der Waals surface area contributed by atoms with Crippen molar-refractivity contribution in [3.8, 4) is 22.6 Å². The zero-order valence-electron chi connectivity index (χ0n) is 17.5. The number of fused-ring (bicyclic) bond motifs is 1. The van der Waals surface area contributed by atoms with Crippen LogP contribution in [0.3, 0.4) is 0 Å². The Morgan fingerprint density at radius 1 is 1.10 bits per heavy atom. The predicted molar refractivity (Wildman–Crippen MR) is 121 cm³/mol. The summed E-state index contributed by atoms with van der Waals surface area (Å²) in [6.07, 6.45) is 0.333. The van der Waals surface area contributed by atoms with Crippen LogP contribution in [0.2, 0.25) is 0 Å². The molecule has 4 rings (SSSR count). The van der Waals surface area contributed by atoms with Gasteiger partial charge in [0.25, 0.3) is 0 Å². The summed E-state index contributed by atoms with van der Waals surface area (Å²) in [5.74, 6) is 0.0706. The van der Waals surface area contributed by atoms with Crippen LogP contribution < -0.4 is 14.8 Å². The number of methoxy groups -OCH3 is 1. The third-order valence-electron chi connectivity index (χ3n) is 5.13. The van der Waals surface area contributed by atoms with Crippen LogP contribution in [-0.2, 0) is 4.79 Å². The highest BCUT2D eigenvalue weighted by Crippen LogP contribution is 2.49. The summed E-state index contributed by atoms with van der Waals surface area (Å²) in [5, 5.41) is 12.8. The molecule has 31 heavy (non-hydrogen) atoms. The van der Waals surface area contributed by atoms with Crippen LogP contribution in [-0.4, -0.2) is 30.2 Å². The van der Waals surface area contributed by atoms with E-state index in [1.807, 2.05) is 38.1 Å². The average Bonchev–Trinajstić information content (AvgIpc) is 3.13. The molecule has 2 heterocycles. The maximum Gasteiger partial charge on any atom is 0.346 e. The first kappa shape index (κ1) is 20.9. The molecule has 160 valence electrons. The molecule has 2 N–H and O–H groups in total. The first-order valence-electron chi connectivity index (χ1n) is 9.98. The smallest absolute Gasteiger partial charge is 0.346 e. The van der Waals surface area contributed by atoms with E-state index in [-0.39, 0.29) is 29.2 Å². The Bertz CT molecular complexity index is 1120. The summed E-state index contributed by atoms with van der Waals surface area (Å²) in [5.41, 5.74) is 2.79. The molecule has 1 atom stereocenters. The van der Waals surface area contributed by atoms with Gasteiger partial charge in [0.15, 0.2) is 0 Å². The summed E-state index contributed by atoms with van der Waals surface area (Å²) in [7, 11) is 1.58. The van der Waals surface area contributed by atoms with Crippen LogP contribution in [0.4, 0.5) is 5.69 Å². The minimum absolute atomic E-state index is 0.0698. The largest absolute Gasteiger partial charge is 0.497 e. The molecule has 2 aromatic carbocycles. The highest BCUT2D eigenvalue weighted by Gasteiger charge is 2.34. The van der Waals surface area contributed by atoms with E-state index in [4.69, 9.17) is 9.47 Å². The molecule has 0 saturated heterocycles. The molecule has 1 aliphatic rings. The van der Waals surface area contributed by atoms with Crippen molar-refractivity contribution < 1.29 is 24.2 Å². The van der Waals surface area contributed by atoms with Gasteiger partial charge in [0, 0.05) is 22.8 Å². The number of carboxylic acid groups (broad SMARTS) is 1. The molecule has 0 aliphatic carbocycles. The molecule has 0 radical (unpaired) electrons. The topological polar surface area (TPSA) is 84.9 Å². The number of hydrogen-bond acceptors (Lipinski definition) is 5. The molecule has 6 nitrogen and oxygen atoms in total. The first-order chi connectivity index (χ1) is 14.9. The lowest BCUT2D eigenvalue weighted by Crippen LogP contribution is -2.22. The number of carboxylic acids is 1. The molecular formula is C24H23NO5S. The van der Waals surface area contributed by atoms with E-state index >= 15 is 0 Å². The summed E-state index contributed by atoms with van der Waals surface area (Å²) in [6.45, 7) is 3.93. The van der Waals surface area contributed by atoms with Gasteiger partial charge in [-0.25, -0.2) is 4.79 Å². The predicted octanol–water partition coefficient (Wildman–Crippen LogP) is 5.38. The van der Waals surface area contributed by atoms with Crippen molar-refractivity contribution in [2.45, 2.75) is 32.3 Å². The van der Waals surface area contributed by atoms with E-state index in [2.05, 4.69) is 5.32 Å². The number of amides is 1. The van der Waals surface area contributed by atoms with E-state index in [0.717, 1.165) is 21.8 Å². The molecule has 0 fully saturated rings. The maximum atomic E-state index is 12.6. The molecule has 1 amide bonds. The Labute approximate surface area is 184 Å². The van der Waals surface area contributed by atoms with Crippen molar-refractivity contribution in [1.82, 2.24) is 0 Å². The Hall–Kier alpha value is -3.32. The van der Waals surface area contributed by atoms with Crippen LogP contribution >= 0.6 is 11.3 Å². The Morgan fingerprint density at radius 2 is 1.74 bits per heavy atom. The van der Waals surface area contributed by atoms with Crippen molar-refractivity contribution in [1.29, 1.82) is 0 Å². The van der Waals surface area contributed by atoms with Crippen molar-refractivity contribution >= 4 is 28.9 Å². The normalized spacial score (nSPS) is 15.4. The molecule has 1 unspecified atom stereocenters. The number of hydrogen-bond donors (Lipinski definition) is 2. The lowest BCUT2D eigenvalue weighted by atomic mass is 9.88. The molecule has 1 aromatic heterocycles. The van der Waals surface area contributed by atoms with Gasteiger partial charge >= 0.3 is 5.97 Å². The second kappa shape index (κ2) is 8.43. The number of aromatic carboxylic acids is 1. The summed E-state index contributed by atoms with van der Waals surface area (Å²) < 4.78 is 10.9. The molecule has 0 bridgehead atoms. The zero-order chi connectivity index (χ0) is 22.1. The minimum Gasteiger partial charge on any atom is -0.497 e. The van der Waals surface area contributed by atoms with Crippen LogP contribution in [0.25, 0.3) is 11.1 Å². The van der Waals surface area contributed by atoms with Crippen molar-refractivity contribution in [2.24, 2.45) is 0 Å². The number of carbonyl (C=O) groups excluding carboxylic acids is 1. The van der Waals surface area contributed by atoms with Gasteiger partial charge in [-0.3, -0.25) is 4.79 Å². The fourth-order valence-corrected chi connectivity index (χ4v) is 5.04. The number of rotatable bonds is 6. The van der Waals surface area contributed by atoms with Crippen molar-refractivity contribution in [2.75, 3.05) is 12.4 Å². The standard InChI is InChI=1S/C24H23NO5S/c1-13(2)30-17-10-4-14(5-11-17)18-12-19(26)25-21-20(23(24(27)28)31-22(18)21)15-6-8-16(29-3)9-7-15/h4-11,13,18H,12H2,1-3H3,(H,25,26)(H,27,28). The van der Waals surface area contributed by atoms with Gasteiger partial charge in [0.05, 0.1) is 18.9 Å². The average molecular weight is 438 g/mol. The lowest BCUT2D eigenvalue weighted by molar-refractivity contribution is -0.116. The van der Waals surface area contributed by atoms with E-state index in [1.165, 1.54) is 11.3 Å². The van der Waals surface area contributed by atoms with Gasteiger partial charge < -0.3 is 19.9 Å². The highest BCUT2D eigenvalue weighted by atomic mass is 32.1. The SMILES string of the molecule is COc1ccc(-c2c(C(=O)O)sc3c2NC(=O)CC3c2ccc(OC(C)C)cc2)cc1. The maximum absolute atomic E-state index is 12.6. The van der Waals surface area contributed by atoms with Gasteiger partial charge in [-0.1, -0.05) is 24.3 Å². The van der Waals surface area contributed by atoms with Gasteiger partial charge in [-0.2, -0.15) is 0 Å². The van der Waals surface area contributed by atoms with Crippen molar-refractivity contribution in [3.05, 3.63) is 63.8 Å². The van der Waals surface area contributed by atoms with Gasteiger partial charge in [0.1, 0.15) is 16.4 Å². The molecule has 0 saturated carbocycles. The van der Waals surface area contributed by atoms with Gasteiger partial charge in [-0.15, -0.1) is 11.3 Å². The monoisotopic (exact) mass is 437 g/mol. The fourth-order valence-electron chi connectivity index (χ4n) is 3.79. The zero-order valence-corrected chi connectivity index (χ0v) is 18.3. The number of thiophene rings is 1. The van der Waals surface area contributed by atoms with Gasteiger partial charge in [0.2, 0.25) is 5.91 Å². The van der Waals surface area contributed by atoms with Crippen LogP contribution in [0.15, 0.2) is 48.5 Å². The van der Waals surface area contributed by atoms with Crippen molar-refractivity contribution in [3.63, 3.8) is 0 Å². The molecule has 3 aromatic rings.